The summed E-state index contributed by atoms with van der Waals surface area (Å²) in [6.07, 6.45) is -3.47. The zero-order valence-corrected chi connectivity index (χ0v) is 8.12. The molecule has 16 heavy (non-hydrogen) atoms. The molecular weight excluding hydrogens is 223 g/mol. The number of alkyl halides is 3. The van der Waals surface area contributed by atoms with Crippen molar-refractivity contribution in [1.29, 1.82) is 0 Å². The topological polar surface area (TPSA) is 51.8 Å². The lowest BCUT2D eigenvalue weighted by Crippen LogP contribution is -2.10. The van der Waals surface area contributed by atoms with E-state index in [9.17, 15) is 13.2 Å². The van der Waals surface area contributed by atoms with E-state index in [0.717, 1.165) is 6.20 Å². The van der Waals surface area contributed by atoms with Gasteiger partial charge in [0.15, 0.2) is 5.69 Å². The summed E-state index contributed by atoms with van der Waals surface area (Å²) >= 11 is 0. The number of pyridine rings is 1. The molecule has 84 valence electrons. The standard InChI is InChI=1S/C9H6F3N3O/c1-5-14-8(15-16-5)6-3-2-4-13-7(6)9(10,11)12/h2-4H,1H3. The summed E-state index contributed by atoms with van der Waals surface area (Å²) in [5, 5.41) is 3.43. The minimum Gasteiger partial charge on any atom is -0.339 e. The lowest BCUT2D eigenvalue weighted by atomic mass is 10.2. The fourth-order valence-corrected chi connectivity index (χ4v) is 1.22. The number of hydrogen-bond acceptors (Lipinski definition) is 4. The summed E-state index contributed by atoms with van der Waals surface area (Å²) in [6.45, 7) is 1.50. The van der Waals surface area contributed by atoms with E-state index in [-0.39, 0.29) is 17.3 Å². The van der Waals surface area contributed by atoms with Gasteiger partial charge in [-0.05, 0) is 12.1 Å². The minimum absolute atomic E-state index is 0.113. The van der Waals surface area contributed by atoms with Crippen LogP contribution < -0.4 is 0 Å². The van der Waals surface area contributed by atoms with E-state index >= 15 is 0 Å². The second-order valence-electron chi connectivity index (χ2n) is 3.03. The molecule has 2 heterocycles. The van der Waals surface area contributed by atoms with Crippen LogP contribution in [0.25, 0.3) is 11.4 Å². The van der Waals surface area contributed by atoms with Gasteiger partial charge in [0.2, 0.25) is 11.7 Å². The second kappa shape index (κ2) is 3.58. The maximum absolute atomic E-state index is 12.6. The van der Waals surface area contributed by atoms with Crippen LogP contribution in [0.3, 0.4) is 0 Å². The lowest BCUT2D eigenvalue weighted by molar-refractivity contribution is -0.140. The first kappa shape index (κ1) is 10.6. The molecule has 2 aromatic heterocycles. The SMILES string of the molecule is Cc1nc(-c2cccnc2C(F)(F)F)no1. The van der Waals surface area contributed by atoms with Crippen LogP contribution in [0.4, 0.5) is 13.2 Å². The van der Waals surface area contributed by atoms with Crippen LogP contribution in [0.5, 0.6) is 0 Å². The Morgan fingerprint density at radius 2 is 2.06 bits per heavy atom. The summed E-state index contributed by atoms with van der Waals surface area (Å²) in [5.74, 6) is 0.0879. The highest BCUT2D eigenvalue weighted by Gasteiger charge is 2.36. The molecule has 0 aliphatic rings. The van der Waals surface area contributed by atoms with Gasteiger partial charge in [-0.1, -0.05) is 5.16 Å². The van der Waals surface area contributed by atoms with Gasteiger partial charge in [0, 0.05) is 13.1 Å². The van der Waals surface area contributed by atoms with Gasteiger partial charge in [0.25, 0.3) is 0 Å². The quantitative estimate of drug-likeness (QED) is 0.753. The molecule has 2 aromatic rings. The molecule has 2 rings (SSSR count). The number of aromatic nitrogens is 3. The molecule has 0 spiro atoms. The molecule has 0 atom stereocenters. The Kier molecular flexibility index (Phi) is 2.37. The van der Waals surface area contributed by atoms with Gasteiger partial charge < -0.3 is 4.52 Å². The van der Waals surface area contributed by atoms with Crippen molar-refractivity contribution in [3.05, 3.63) is 29.9 Å². The number of rotatable bonds is 1. The molecule has 0 unspecified atom stereocenters. The third-order valence-electron chi connectivity index (χ3n) is 1.84. The molecule has 0 aromatic carbocycles. The maximum Gasteiger partial charge on any atom is 0.434 e. The van der Waals surface area contributed by atoms with Gasteiger partial charge in [-0.15, -0.1) is 0 Å². The average molecular weight is 229 g/mol. The fraction of sp³-hybridized carbons (Fsp3) is 0.222. The third kappa shape index (κ3) is 1.88. The van der Waals surface area contributed by atoms with Gasteiger partial charge >= 0.3 is 6.18 Å². The van der Waals surface area contributed by atoms with Gasteiger partial charge in [-0.25, -0.2) is 0 Å². The van der Waals surface area contributed by atoms with Crippen LogP contribution in [-0.4, -0.2) is 15.1 Å². The Bertz CT molecular complexity index is 507. The Morgan fingerprint density at radius 3 is 2.62 bits per heavy atom. The van der Waals surface area contributed by atoms with E-state index in [0.29, 0.717) is 0 Å². The van der Waals surface area contributed by atoms with Gasteiger partial charge in [-0.2, -0.15) is 18.2 Å². The lowest BCUT2D eigenvalue weighted by Gasteiger charge is -2.07. The summed E-state index contributed by atoms with van der Waals surface area (Å²) in [5.41, 5.74) is -1.21. The molecule has 0 aliphatic heterocycles. The van der Waals surface area contributed by atoms with Gasteiger partial charge in [0.05, 0.1) is 5.56 Å². The average Bonchev–Trinajstić information content (AvgIpc) is 2.64. The molecule has 0 radical (unpaired) electrons. The summed E-state index contributed by atoms with van der Waals surface area (Å²) in [4.78, 5) is 7.03. The molecule has 0 saturated heterocycles. The van der Waals surface area contributed by atoms with Crippen LogP contribution in [0.1, 0.15) is 11.6 Å². The van der Waals surface area contributed by atoms with Gasteiger partial charge in [0.1, 0.15) is 0 Å². The molecule has 0 fully saturated rings. The first-order valence-electron chi connectivity index (χ1n) is 4.31. The molecular formula is C9H6F3N3O. The van der Waals surface area contributed by atoms with E-state index in [4.69, 9.17) is 0 Å². The number of nitrogens with zero attached hydrogens (tertiary/aromatic N) is 3. The monoisotopic (exact) mass is 229 g/mol. The Hall–Kier alpha value is -1.92. The maximum atomic E-state index is 12.6. The molecule has 0 aliphatic carbocycles. The first-order valence-corrected chi connectivity index (χ1v) is 4.31. The largest absolute Gasteiger partial charge is 0.434 e. The van der Waals surface area contributed by atoms with E-state index in [1.165, 1.54) is 19.1 Å². The van der Waals surface area contributed by atoms with Gasteiger partial charge in [-0.3, -0.25) is 4.98 Å². The smallest absolute Gasteiger partial charge is 0.339 e. The van der Waals surface area contributed by atoms with Crippen molar-refractivity contribution in [1.82, 2.24) is 15.1 Å². The molecule has 0 N–H and O–H groups in total. The van der Waals surface area contributed by atoms with E-state index < -0.39 is 11.9 Å². The highest BCUT2D eigenvalue weighted by molar-refractivity contribution is 5.58. The second-order valence-corrected chi connectivity index (χ2v) is 3.03. The fourth-order valence-electron chi connectivity index (χ4n) is 1.22. The zero-order valence-electron chi connectivity index (χ0n) is 8.12. The minimum atomic E-state index is -4.54. The summed E-state index contributed by atoms with van der Waals surface area (Å²) < 4.78 is 42.4. The predicted molar refractivity (Wildman–Crippen MR) is 47.3 cm³/mol. The van der Waals surface area contributed by atoms with Crippen LogP contribution >= 0.6 is 0 Å². The molecule has 0 bridgehead atoms. The Balaban J connectivity index is 2.57. The molecule has 0 amide bonds. The van der Waals surface area contributed by atoms with Crippen LogP contribution in [0.15, 0.2) is 22.9 Å². The van der Waals surface area contributed by atoms with Crippen molar-refractivity contribution >= 4 is 0 Å². The van der Waals surface area contributed by atoms with Crippen molar-refractivity contribution in [3.8, 4) is 11.4 Å². The van der Waals surface area contributed by atoms with Crippen molar-refractivity contribution < 1.29 is 17.7 Å². The zero-order chi connectivity index (χ0) is 11.8. The van der Waals surface area contributed by atoms with Crippen LogP contribution in [0, 0.1) is 6.92 Å². The molecule has 4 nitrogen and oxygen atoms in total. The van der Waals surface area contributed by atoms with Crippen LogP contribution in [-0.2, 0) is 6.18 Å². The van der Waals surface area contributed by atoms with E-state index in [1.807, 2.05) is 0 Å². The van der Waals surface area contributed by atoms with Crippen LogP contribution in [0.2, 0.25) is 0 Å². The molecule has 0 saturated carbocycles. The van der Waals surface area contributed by atoms with Crippen molar-refractivity contribution in [2.45, 2.75) is 13.1 Å². The summed E-state index contributed by atoms with van der Waals surface area (Å²) in [6, 6.07) is 2.64. The van der Waals surface area contributed by atoms with E-state index in [2.05, 4.69) is 19.6 Å². The highest BCUT2D eigenvalue weighted by atomic mass is 19.4. The third-order valence-corrected chi connectivity index (χ3v) is 1.84. The van der Waals surface area contributed by atoms with Crippen molar-refractivity contribution in [2.75, 3.05) is 0 Å². The van der Waals surface area contributed by atoms with E-state index in [1.54, 1.807) is 0 Å². The Morgan fingerprint density at radius 1 is 1.31 bits per heavy atom. The normalized spacial score (nSPS) is 11.8. The number of aryl methyl sites for hydroxylation is 1. The molecule has 7 heteroatoms. The predicted octanol–water partition coefficient (Wildman–Crippen LogP) is 2.46. The Labute approximate surface area is 88.1 Å². The highest BCUT2D eigenvalue weighted by Crippen LogP contribution is 2.33. The first-order chi connectivity index (χ1) is 7.48. The van der Waals surface area contributed by atoms with Crippen molar-refractivity contribution in [2.24, 2.45) is 0 Å². The summed E-state index contributed by atoms with van der Waals surface area (Å²) in [7, 11) is 0. The number of halogens is 3. The van der Waals surface area contributed by atoms with Crippen molar-refractivity contribution in [3.63, 3.8) is 0 Å². The number of hydrogen-bond donors (Lipinski definition) is 0.